The van der Waals surface area contributed by atoms with E-state index in [1.54, 1.807) is 37.6 Å². The van der Waals surface area contributed by atoms with Gasteiger partial charge in [-0.25, -0.2) is 9.97 Å². The molecule has 0 N–H and O–H groups in total. The quantitative estimate of drug-likeness (QED) is 0.314. The summed E-state index contributed by atoms with van der Waals surface area (Å²) in [6.45, 7) is 6.00. The van der Waals surface area contributed by atoms with E-state index in [1.165, 1.54) is 21.0 Å². The molecule has 2 aromatic heterocycles. The summed E-state index contributed by atoms with van der Waals surface area (Å²) in [6.07, 6.45) is -2.05. The Morgan fingerprint density at radius 3 is 2.31 bits per heavy atom. The molecular formula is C26H25N3O7. The Morgan fingerprint density at radius 1 is 1.06 bits per heavy atom. The number of aromatic nitrogens is 3. The summed E-state index contributed by atoms with van der Waals surface area (Å²) in [4.78, 5) is 47.3. The number of pyridine rings is 1. The van der Waals surface area contributed by atoms with Crippen molar-refractivity contribution < 1.29 is 28.5 Å². The van der Waals surface area contributed by atoms with Crippen LogP contribution in [0.1, 0.15) is 39.4 Å². The number of hydrogen-bond donors (Lipinski definition) is 0. The first-order valence-electron chi connectivity index (χ1n) is 11.4. The molecule has 2 atom stereocenters. The van der Waals surface area contributed by atoms with E-state index < -0.39 is 35.2 Å². The predicted molar refractivity (Wildman–Crippen MR) is 131 cm³/mol. The number of para-hydroxylation sites is 2. The molecule has 0 fully saturated rings. The molecule has 0 bridgehead atoms. The fourth-order valence-electron chi connectivity index (χ4n) is 4.87. The lowest BCUT2D eigenvalue weighted by molar-refractivity contribution is -0.187. The van der Waals surface area contributed by atoms with Gasteiger partial charge in [0.05, 0.1) is 34.6 Å². The molecule has 10 heteroatoms. The van der Waals surface area contributed by atoms with Crippen LogP contribution in [0.2, 0.25) is 0 Å². The van der Waals surface area contributed by atoms with Gasteiger partial charge in [-0.15, -0.1) is 0 Å². The molecule has 186 valence electrons. The van der Waals surface area contributed by atoms with E-state index in [1.807, 2.05) is 18.2 Å². The van der Waals surface area contributed by atoms with Gasteiger partial charge >= 0.3 is 11.9 Å². The van der Waals surface area contributed by atoms with Gasteiger partial charge in [-0.3, -0.25) is 14.4 Å². The monoisotopic (exact) mass is 491 g/mol. The largest absolute Gasteiger partial charge is 0.496 e. The molecule has 0 saturated carbocycles. The van der Waals surface area contributed by atoms with Crippen LogP contribution < -0.4 is 14.9 Å². The minimum Gasteiger partial charge on any atom is -0.496 e. The minimum absolute atomic E-state index is 0.166. The molecule has 10 nitrogen and oxygen atoms in total. The predicted octanol–water partition coefficient (Wildman–Crippen LogP) is 3.35. The standard InChI is InChI=1S/C26H25N3O7/c1-12(30)34-23-19-17(36-26(3,4)24(23)35-13(2)31)11-16(33-6)18-21(19)29(5)25-20(22(18)32)27-14-9-7-8-10-15(14)28-25/h7-11,23-24H,1-6H3/t23-,24-/m0/s1. The number of aryl methyl sites for hydroxylation is 1. The Morgan fingerprint density at radius 2 is 1.69 bits per heavy atom. The summed E-state index contributed by atoms with van der Waals surface area (Å²) in [7, 11) is 3.19. The number of methoxy groups -OCH3 is 1. The first-order chi connectivity index (χ1) is 17.0. The lowest BCUT2D eigenvalue weighted by Crippen LogP contribution is -2.52. The van der Waals surface area contributed by atoms with Gasteiger partial charge < -0.3 is 23.5 Å². The van der Waals surface area contributed by atoms with Gasteiger partial charge in [0.1, 0.15) is 17.1 Å². The molecule has 0 unspecified atom stereocenters. The normalized spacial score (nSPS) is 18.5. The van der Waals surface area contributed by atoms with Crippen LogP contribution in [0.5, 0.6) is 11.5 Å². The van der Waals surface area contributed by atoms with Crippen LogP contribution in [0.4, 0.5) is 0 Å². The molecule has 1 aliphatic rings. The van der Waals surface area contributed by atoms with Crippen LogP contribution in [0.15, 0.2) is 35.1 Å². The lowest BCUT2D eigenvalue weighted by atomic mass is 9.86. The number of ether oxygens (including phenoxy) is 4. The zero-order valence-electron chi connectivity index (χ0n) is 20.7. The van der Waals surface area contributed by atoms with Crippen molar-refractivity contribution in [1.29, 1.82) is 0 Å². The van der Waals surface area contributed by atoms with Crippen molar-refractivity contribution in [2.45, 2.75) is 45.5 Å². The van der Waals surface area contributed by atoms with Crippen LogP contribution in [0, 0.1) is 0 Å². The number of carbonyl (C=O) groups excluding carboxylic acids is 2. The van der Waals surface area contributed by atoms with Crippen molar-refractivity contribution in [3.63, 3.8) is 0 Å². The second-order valence-corrected chi connectivity index (χ2v) is 9.25. The van der Waals surface area contributed by atoms with Crippen LogP contribution >= 0.6 is 0 Å². The number of rotatable bonds is 3. The van der Waals surface area contributed by atoms with Gasteiger partial charge in [0, 0.05) is 27.0 Å². The molecule has 0 amide bonds. The Bertz CT molecular complexity index is 1640. The van der Waals surface area contributed by atoms with Crippen molar-refractivity contribution in [3.8, 4) is 11.5 Å². The van der Waals surface area contributed by atoms with Gasteiger partial charge in [-0.1, -0.05) is 12.1 Å². The number of benzene rings is 2. The average molecular weight is 492 g/mol. The fraction of sp³-hybridized carbons (Fsp3) is 0.346. The third-order valence-electron chi connectivity index (χ3n) is 6.34. The summed E-state index contributed by atoms with van der Waals surface area (Å²) < 4.78 is 24.9. The highest BCUT2D eigenvalue weighted by Gasteiger charge is 2.50. The zero-order chi connectivity index (χ0) is 25.9. The number of fused-ring (bicyclic) bond motifs is 5. The molecule has 0 aliphatic carbocycles. The molecule has 5 rings (SSSR count). The smallest absolute Gasteiger partial charge is 0.303 e. The number of esters is 2. The van der Waals surface area contributed by atoms with Gasteiger partial charge in [0.2, 0.25) is 5.43 Å². The summed E-state index contributed by atoms with van der Waals surface area (Å²) >= 11 is 0. The van der Waals surface area contributed by atoms with Crippen molar-refractivity contribution in [1.82, 2.24) is 14.5 Å². The van der Waals surface area contributed by atoms with Crippen LogP contribution in [-0.2, 0) is 26.1 Å². The number of carbonyl (C=O) groups is 2. The summed E-state index contributed by atoms with van der Waals surface area (Å²) in [5.41, 5.74) is 0.985. The highest BCUT2D eigenvalue weighted by atomic mass is 16.6. The van der Waals surface area contributed by atoms with Crippen molar-refractivity contribution in [2.75, 3.05) is 7.11 Å². The van der Waals surface area contributed by atoms with Crippen molar-refractivity contribution >= 4 is 45.0 Å². The molecule has 1 aliphatic heterocycles. The van der Waals surface area contributed by atoms with Crippen LogP contribution in [0.25, 0.3) is 33.1 Å². The van der Waals surface area contributed by atoms with Gasteiger partial charge in [0.15, 0.2) is 23.4 Å². The van der Waals surface area contributed by atoms with Gasteiger partial charge in [-0.05, 0) is 26.0 Å². The highest BCUT2D eigenvalue weighted by molar-refractivity contribution is 5.99. The third-order valence-corrected chi connectivity index (χ3v) is 6.34. The topological polar surface area (TPSA) is 119 Å². The van der Waals surface area contributed by atoms with E-state index in [-0.39, 0.29) is 16.7 Å². The third kappa shape index (κ3) is 3.52. The molecule has 0 saturated heterocycles. The second kappa shape index (κ2) is 8.18. The van der Waals surface area contributed by atoms with E-state index in [2.05, 4.69) is 4.98 Å². The van der Waals surface area contributed by atoms with Crippen molar-refractivity contribution in [2.24, 2.45) is 7.05 Å². The maximum atomic E-state index is 13.8. The first kappa shape index (κ1) is 23.5. The molecule has 0 radical (unpaired) electrons. The molecule has 3 heterocycles. The average Bonchev–Trinajstić information content (AvgIpc) is 2.82. The second-order valence-electron chi connectivity index (χ2n) is 9.25. The van der Waals surface area contributed by atoms with Gasteiger partial charge in [-0.2, -0.15) is 0 Å². The van der Waals surface area contributed by atoms with E-state index in [0.717, 1.165) is 0 Å². The number of nitrogens with zero attached hydrogens (tertiary/aromatic N) is 3. The maximum Gasteiger partial charge on any atom is 0.303 e. The van der Waals surface area contributed by atoms with Gasteiger partial charge in [0.25, 0.3) is 0 Å². The Hall–Kier alpha value is -4.21. The van der Waals surface area contributed by atoms with E-state index >= 15 is 0 Å². The molecule has 36 heavy (non-hydrogen) atoms. The van der Waals surface area contributed by atoms with E-state index in [4.69, 9.17) is 23.9 Å². The summed E-state index contributed by atoms with van der Waals surface area (Å²) in [5.74, 6) is -0.542. The Labute approximate surface area is 205 Å². The van der Waals surface area contributed by atoms with Crippen LogP contribution in [0.3, 0.4) is 0 Å². The SMILES string of the molecule is COc1cc2c(c3c1c(=O)c1nc4ccccc4nc1n3C)[C@H](OC(C)=O)[C@H](OC(C)=O)C(C)(C)O2. The first-order valence-corrected chi connectivity index (χ1v) is 11.4. The minimum atomic E-state index is -1.07. The van der Waals surface area contributed by atoms with E-state index in [9.17, 15) is 14.4 Å². The van der Waals surface area contributed by atoms with E-state index in [0.29, 0.717) is 33.5 Å². The van der Waals surface area contributed by atoms with Crippen LogP contribution in [-0.4, -0.2) is 45.3 Å². The Balaban J connectivity index is 1.96. The fourth-order valence-corrected chi connectivity index (χ4v) is 4.87. The molecular weight excluding hydrogens is 466 g/mol. The highest BCUT2D eigenvalue weighted by Crippen LogP contribution is 2.48. The lowest BCUT2D eigenvalue weighted by Gasteiger charge is -2.43. The number of hydrogen-bond acceptors (Lipinski definition) is 9. The van der Waals surface area contributed by atoms with Crippen molar-refractivity contribution in [3.05, 3.63) is 46.1 Å². The Kier molecular flexibility index (Phi) is 5.35. The molecule has 2 aromatic carbocycles. The molecule has 0 spiro atoms. The zero-order valence-corrected chi connectivity index (χ0v) is 20.7. The maximum absolute atomic E-state index is 13.8. The molecule has 4 aromatic rings. The summed E-state index contributed by atoms with van der Waals surface area (Å²) in [6, 6.07) is 8.83. The summed E-state index contributed by atoms with van der Waals surface area (Å²) in [5, 5.41) is 0.220.